The van der Waals surface area contributed by atoms with Crippen LogP contribution in [-0.2, 0) is 54.3 Å². The second kappa shape index (κ2) is 29.5. The third-order valence-corrected chi connectivity index (χ3v) is 0.472. The monoisotopic (exact) mass is 422 g/mol. The zero-order valence-electron chi connectivity index (χ0n) is 8.30. The smallest absolute Gasteiger partial charge is 0.676 e. The molecule has 8 nitrogen and oxygen atoms in total. The van der Waals surface area contributed by atoms with Gasteiger partial charge in [0.15, 0.2) is 0 Å². The number of carboxylic acid groups (broad SMARTS) is 2. The van der Waals surface area contributed by atoms with Crippen molar-refractivity contribution in [3.8, 4) is 0 Å². The predicted octanol–water partition coefficient (Wildman–Crippen LogP) is -0.855. The van der Waals surface area contributed by atoms with Crippen LogP contribution in [0.4, 0.5) is 0 Å². The normalized spacial score (nSPS) is 6.50. The number of hydrogen-bond donors (Lipinski definition) is 4. The molecule has 8 N–H and O–H groups in total. The van der Waals surface area contributed by atoms with E-state index in [4.69, 9.17) is 42.7 Å². The van der Waals surface area contributed by atoms with Crippen LogP contribution in [0.25, 0.3) is 11.5 Å². The number of hydrogen-bond acceptors (Lipinski definition) is 4. The quantitative estimate of drug-likeness (QED) is 0.332. The average molecular weight is 424 g/mol. The minimum atomic E-state index is -1.82. The first kappa shape index (κ1) is 29.9. The fraction of sp³-hybridized carbons (Fsp3) is 0.667. The minimum absolute atomic E-state index is 0. The summed E-state index contributed by atoms with van der Waals surface area (Å²) >= 11 is 0. The van der Waals surface area contributed by atoms with E-state index in [1.165, 1.54) is 0 Å². The summed E-state index contributed by atoms with van der Waals surface area (Å²) in [7, 11) is 0. The van der Waals surface area contributed by atoms with Crippen LogP contribution in [-0.4, -0.2) is 48.3 Å². The summed E-state index contributed by atoms with van der Waals surface area (Å²) in [5.74, 6) is -3.65. The van der Waals surface area contributed by atoms with E-state index in [9.17, 15) is 0 Å². The number of aliphatic carboxylic acids is 2. The maximum absolute atomic E-state index is 9.10. The van der Waals surface area contributed by atoms with Gasteiger partial charge in [-0.1, -0.05) is 0 Å². The van der Waals surface area contributed by atoms with Gasteiger partial charge in [-0.15, -0.1) is 13.1 Å². The summed E-state index contributed by atoms with van der Waals surface area (Å²) in [6.07, 6.45) is 0. The van der Waals surface area contributed by atoms with Crippen molar-refractivity contribution < 1.29 is 64.6 Å². The van der Waals surface area contributed by atoms with Crippen LogP contribution in [0.2, 0.25) is 0 Å². The van der Waals surface area contributed by atoms with Crippen LogP contribution in [0.5, 0.6) is 0 Å². The zero-order chi connectivity index (χ0) is 12.0. The molecule has 0 saturated carbocycles. The zero-order valence-corrected chi connectivity index (χ0v) is 11.3. The average Bonchev–Trinajstić information content (AvgIpc) is 2.18. The maximum Gasteiger partial charge on any atom is 1.00 e. The van der Waals surface area contributed by atoms with Gasteiger partial charge < -0.3 is 33.1 Å². The third kappa shape index (κ3) is 64.0. The van der Waals surface area contributed by atoms with Gasteiger partial charge in [0.1, 0.15) is 0 Å². The second-order valence-corrected chi connectivity index (χ2v) is 1.69. The molecule has 0 saturated heterocycles. The van der Waals surface area contributed by atoms with Crippen molar-refractivity contribution in [2.24, 2.45) is 11.5 Å². The van der Waals surface area contributed by atoms with Gasteiger partial charge in [0.25, 0.3) is 0 Å². The molecule has 0 aliphatic carbocycles. The molecule has 0 amide bonds. The van der Waals surface area contributed by atoms with Crippen LogP contribution >= 0.6 is 0 Å². The fourth-order valence-corrected chi connectivity index (χ4v) is 0. The molecule has 0 aromatic rings. The standard InChI is InChI=1S/2C2H7N2.C2H2O4.2Ag/c2*3-1-2-4;3-1(4)2(5)6;;/h2*3H,1-2,4H2;(H,3,4)(H,5,6);;/q2*-1;;2*+1. The Labute approximate surface area is 125 Å². The van der Waals surface area contributed by atoms with Crippen LogP contribution < -0.4 is 11.5 Å². The number of rotatable bonds is 2. The molecule has 0 aliphatic rings. The molecule has 0 heterocycles. The van der Waals surface area contributed by atoms with E-state index in [1.807, 2.05) is 0 Å². The molecule has 0 aromatic carbocycles. The molecule has 16 heavy (non-hydrogen) atoms. The summed E-state index contributed by atoms with van der Waals surface area (Å²) in [4.78, 5) is 18.2. The summed E-state index contributed by atoms with van der Waals surface area (Å²) in [5, 5.41) is 14.8. The van der Waals surface area contributed by atoms with Crippen LogP contribution in [0.15, 0.2) is 0 Å². The van der Waals surface area contributed by atoms with Gasteiger partial charge in [0.05, 0.1) is 0 Å². The van der Waals surface area contributed by atoms with E-state index in [0.717, 1.165) is 0 Å². The first-order chi connectivity index (χ1) is 6.47. The molecule has 0 fully saturated rings. The van der Waals surface area contributed by atoms with Gasteiger partial charge in [-0.25, -0.2) is 9.59 Å². The maximum atomic E-state index is 9.10. The Hall–Kier alpha value is 0.261. The summed E-state index contributed by atoms with van der Waals surface area (Å²) in [6, 6.07) is 0. The van der Waals surface area contributed by atoms with E-state index in [2.05, 4.69) is 0 Å². The summed E-state index contributed by atoms with van der Waals surface area (Å²) < 4.78 is 0. The predicted molar refractivity (Wildman–Crippen MR) is 51.8 cm³/mol. The molecule has 0 aliphatic heterocycles. The summed E-state index contributed by atoms with van der Waals surface area (Å²) in [6.45, 7) is 1.67. The van der Waals surface area contributed by atoms with Gasteiger partial charge in [-0.05, 0) is 13.1 Å². The molecule has 106 valence electrons. The van der Waals surface area contributed by atoms with Crippen molar-refractivity contribution in [1.29, 1.82) is 0 Å². The first-order valence-corrected chi connectivity index (χ1v) is 3.63. The van der Waals surface area contributed by atoms with Gasteiger partial charge in [0, 0.05) is 0 Å². The van der Waals surface area contributed by atoms with Crippen molar-refractivity contribution in [1.82, 2.24) is 0 Å². The molecule has 0 bridgehead atoms. The van der Waals surface area contributed by atoms with E-state index in [-0.39, 0.29) is 44.8 Å². The van der Waals surface area contributed by atoms with Crippen molar-refractivity contribution in [3.05, 3.63) is 11.5 Å². The molecular formula is C6H16Ag2N4O4. The largest absolute Gasteiger partial charge is 1.00 e. The third-order valence-electron chi connectivity index (χ3n) is 0.472. The second-order valence-electron chi connectivity index (χ2n) is 1.69. The van der Waals surface area contributed by atoms with E-state index >= 15 is 0 Å². The minimum Gasteiger partial charge on any atom is -0.676 e. The van der Waals surface area contributed by atoms with Crippen molar-refractivity contribution in [2.45, 2.75) is 0 Å². The Morgan fingerprint density at radius 1 is 0.875 bits per heavy atom. The molecule has 0 atom stereocenters. The molecule has 0 radical (unpaired) electrons. The molecule has 0 aromatic heterocycles. The van der Waals surface area contributed by atoms with Gasteiger partial charge in [-0.2, -0.15) is 0 Å². The van der Waals surface area contributed by atoms with Crippen molar-refractivity contribution in [3.63, 3.8) is 0 Å². The Morgan fingerprint density at radius 3 is 1.00 bits per heavy atom. The molecule has 10 heteroatoms. The number of nitrogens with two attached hydrogens (primary N) is 2. The molecule has 0 spiro atoms. The Bertz CT molecular complexity index is 130. The molecule has 0 rings (SSSR count). The van der Waals surface area contributed by atoms with Crippen LogP contribution in [0, 0.1) is 0 Å². The van der Waals surface area contributed by atoms with Gasteiger partial charge in [0.2, 0.25) is 0 Å². The van der Waals surface area contributed by atoms with Crippen LogP contribution in [0.3, 0.4) is 0 Å². The van der Waals surface area contributed by atoms with Gasteiger partial charge in [-0.3, -0.25) is 0 Å². The van der Waals surface area contributed by atoms with E-state index < -0.39 is 11.9 Å². The number of carboxylic acids is 2. The summed E-state index contributed by atoms with van der Waals surface area (Å²) in [5.41, 5.74) is 22.3. The van der Waals surface area contributed by atoms with E-state index in [0.29, 0.717) is 26.2 Å². The first-order valence-electron chi connectivity index (χ1n) is 3.63. The fourth-order valence-electron chi connectivity index (χ4n) is 0. The molecular weight excluding hydrogens is 408 g/mol. The van der Waals surface area contributed by atoms with Crippen molar-refractivity contribution in [2.75, 3.05) is 26.2 Å². The van der Waals surface area contributed by atoms with Crippen LogP contribution in [0.1, 0.15) is 0 Å². The number of nitrogens with one attached hydrogen (secondary N) is 2. The van der Waals surface area contributed by atoms with Crippen molar-refractivity contribution >= 4 is 11.9 Å². The SMILES string of the molecule is O=C(O)C(=O)O.[Ag+].[Ag+].[NH-]CCN.[NH-]CCN. The molecule has 0 unspecified atom stereocenters. The Morgan fingerprint density at radius 2 is 1.00 bits per heavy atom. The topological polar surface area (TPSA) is 174 Å². The Kier molecular flexibility index (Phi) is 55.0. The number of carbonyl (C=O) groups is 2. The van der Waals surface area contributed by atoms with E-state index in [1.54, 1.807) is 0 Å². The Balaban J connectivity index is -0.0000000367. The van der Waals surface area contributed by atoms with Gasteiger partial charge >= 0.3 is 56.7 Å².